The molecular weight excluding hydrogens is 346 g/mol. The van der Waals surface area contributed by atoms with Crippen molar-refractivity contribution in [2.24, 2.45) is 15.7 Å². The van der Waals surface area contributed by atoms with Gasteiger partial charge in [-0.25, -0.2) is 13.6 Å². The molecule has 0 amide bonds. The van der Waals surface area contributed by atoms with Crippen molar-refractivity contribution in [1.82, 2.24) is 5.43 Å². The first kappa shape index (κ1) is 18.0. The number of aliphatic hydroxyl groups excluding tert-OH is 1. The summed E-state index contributed by atoms with van der Waals surface area (Å²) >= 11 is 0. The van der Waals surface area contributed by atoms with Gasteiger partial charge in [0.1, 0.15) is 16.2 Å². The highest BCUT2D eigenvalue weighted by Crippen LogP contribution is 2.57. The Morgan fingerprint density at radius 3 is 2.68 bits per heavy atom. The summed E-state index contributed by atoms with van der Waals surface area (Å²) in [6.07, 6.45) is 0.980. The van der Waals surface area contributed by atoms with E-state index in [4.69, 9.17) is 14.6 Å². The topological polar surface area (TPSA) is 123 Å². The predicted molar refractivity (Wildman–Crippen MR) is 91.3 cm³/mol. The van der Waals surface area contributed by atoms with Crippen LogP contribution in [0.2, 0.25) is 0 Å². The van der Waals surface area contributed by atoms with E-state index in [1.54, 1.807) is 26.0 Å². The van der Waals surface area contributed by atoms with Crippen molar-refractivity contribution < 1.29 is 23.0 Å². The predicted octanol–water partition coefficient (Wildman–Crippen LogP) is 1.21. The summed E-state index contributed by atoms with van der Waals surface area (Å²) < 4.78 is 35.6. The number of ether oxygens (including phenoxy) is 2. The fourth-order valence-electron chi connectivity index (χ4n) is 3.94. The first-order valence-electron chi connectivity index (χ1n) is 8.10. The van der Waals surface area contributed by atoms with Crippen molar-refractivity contribution in [2.75, 3.05) is 0 Å². The van der Waals surface area contributed by atoms with E-state index in [0.717, 1.165) is 6.42 Å². The molecule has 3 atom stereocenters. The van der Waals surface area contributed by atoms with Gasteiger partial charge in [-0.1, -0.05) is 25.5 Å². The fourth-order valence-corrected chi connectivity index (χ4v) is 4.62. The van der Waals surface area contributed by atoms with Crippen LogP contribution in [0, 0.1) is 5.41 Å². The Balaban J connectivity index is 2.22. The second-order valence-corrected chi connectivity index (χ2v) is 8.43. The number of hydrogen-bond acceptors (Lipinski definition) is 7. The van der Waals surface area contributed by atoms with Gasteiger partial charge in [0.25, 0.3) is 0 Å². The lowest BCUT2D eigenvalue weighted by Crippen LogP contribution is -2.63. The Kier molecular flexibility index (Phi) is 4.21. The van der Waals surface area contributed by atoms with Gasteiger partial charge in [-0.3, -0.25) is 5.43 Å². The first-order valence-corrected chi connectivity index (χ1v) is 9.65. The van der Waals surface area contributed by atoms with Gasteiger partial charge < -0.3 is 14.6 Å². The Hall–Kier alpha value is -1.84. The van der Waals surface area contributed by atoms with Crippen LogP contribution in [-0.4, -0.2) is 31.8 Å². The van der Waals surface area contributed by atoms with Gasteiger partial charge in [-0.15, -0.1) is 5.10 Å². The zero-order valence-corrected chi connectivity index (χ0v) is 15.2. The SMILES string of the molecule is CCCC1(C2NN=CO2)C(O)c2cccc(S(N)(=O)=O)c2OC1(C)C. The average Bonchev–Trinajstić information content (AvgIpc) is 3.04. The lowest BCUT2D eigenvalue weighted by Gasteiger charge is -2.54. The van der Waals surface area contributed by atoms with Gasteiger partial charge in [-0.05, 0) is 26.3 Å². The average molecular weight is 369 g/mol. The van der Waals surface area contributed by atoms with Crippen LogP contribution in [0.1, 0.15) is 45.3 Å². The highest BCUT2D eigenvalue weighted by atomic mass is 32.2. The molecule has 9 heteroatoms. The fraction of sp³-hybridized carbons (Fsp3) is 0.562. The highest BCUT2D eigenvalue weighted by Gasteiger charge is 2.62. The molecule has 1 aromatic carbocycles. The molecule has 1 aromatic rings. The molecule has 25 heavy (non-hydrogen) atoms. The van der Waals surface area contributed by atoms with Crippen molar-refractivity contribution in [3.05, 3.63) is 23.8 Å². The van der Waals surface area contributed by atoms with Crippen LogP contribution in [0.5, 0.6) is 5.75 Å². The number of sulfonamides is 1. The second kappa shape index (κ2) is 5.86. The maximum atomic E-state index is 11.9. The molecular formula is C16H23N3O5S. The minimum atomic E-state index is -3.99. The number of hydrazone groups is 1. The molecule has 2 aliphatic rings. The minimum absolute atomic E-state index is 0.0909. The zero-order chi connectivity index (χ0) is 18.5. The van der Waals surface area contributed by atoms with Crippen molar-refractivity contribution in [3.8, 4) is 5.75 Å². The Morgan fingerprint density at radius 1 is 1.40 bits per heavy atom. The summed E-state index contributed by atoms with van der Waals surface area (Å²) in [5, 5.41) is 20.5. The summed E-state index contributed by atoms with van der Waals surface area (Å²) in [4.78, 5) is -0.140. The van der Waals surface area contributed by atoms with Crippen molar-refractivity contribution in [1.29, 1.82) is 0 Å². The standard InChI is InChI=1S/C16H23N3O5S/c1-4-8-16(14-19-18-9-23-14)13(20)10-6-5-7-11(25(17,21)22)12(10)24-15(16,2)3/h5-7,9,13-14,19-20H,4,8H2,1-3H3,(H2,17,21,22). The van der Waals surface area contributed by atoms with E-state index in [1.165, 1.54) is 12.5 Å². The van der Waals surface area contributed by atoms with Crippen molar-refractivity contribution in [3.63, 3.8) is 0 Å². The van der Waals surface area contributed by atoms with Crippen LogP contribution >= 0.6 is 0 Å². The van der Waals surface area contributed by atoms with E-state index in [2.05, 4.69) is 10.5 Å². The van der Waals surface area contributed by atoms with Gasteiger partial charge >= 0.3 is 0 Å². The van der Waals surface area contributed by atoms with Crippen LogP contribution in [-0.2, 0) is 14.8 Å². The molecule has 0 fully saturated rings. The number of para-hydroxylation sites is 1. The quantitative estimate of drug-likeness (QED) is 0.733. The van der Waals surface area contributed by atoms with Gasteiger partial charge in [0, 0.05) is 5.56 Å². The van der Waals surface area contributed by atoms with E-state index < -0.39 is 33.4 Å². The number of fused-ring (bicyclic) bond motifs is 1. The molecule has 138 valence electrons. The Labute approximate surface area is 147 Å². The number of rotatable bonds is 4. The Morgan fingerprint density at radius 2 is 2.12 bits per heavy atom. The lowest BCUT2D eigenvalue weighted by atomic mass is 9.62. The molecule has 0 aromatic heterocycles. The summed E-state index contributed by atoms with van der Waals surface area (Å²) in [5.74, 6) is 0.0909. The molecule has 0 aliphatic carbocycles. The third-order valence-corrected chi connectivity index (χ3v) is 6.08. The number of nitrogens with zero attached hydrogens (tertiary/aromatic N) is 1. The number of hydrogen-bond donors (Lipinski definition) is 3. The van der Waals surface area contributed by atoms with Gasteiger partial charge in [0.05, 0.1) is 11.5 Å². The number of aliphatic hydroxyl groups is 1. The van der Waals surface area contributed by atoms with Gasteiger partial charge in [-0.2, -0.15) is 0 Å². The molecule has 8 nitrogen and oxygen atoms in total. The molecule has 0 saturated heterocycles. The summed E-state index contributed by atoms with van der Waals surface area (Å²) in [7, 11) is -3.99. The molecule has 0 bridgehead atoms. The largest absolute Gasteiger partial charge is 0.485 e. The molecule has 4 N–H and O–H groups in total. The molecule has 3 rings (SSSR count). The normalized spacial score (nSPS) is 30.1. The lowest BCUT2D eigenvalue weighted by molar-refractivity contribution is -0.190. The number of nitrogens with two attached hydrogens (primary N) is 1. The van der Waals surface area contributed by atoms with E-state index >= 15 is 0 Å². The highest BCUT2D eigenvalue weighted by molar-refractivity contribution is 7.89. The van der Waals surface area contributed by atoms with Crippen LogP contribution in [0.3, 0.4) is 0 Å². The van der Waals surface area contributed by atoms with E-state index in [0.29, 0.717) is 12.0 Å². The maximum Gasteiger partial charge on any atom is 0.241 e. The third-order valence-electron chi connectivity index (χ3n) is 5.15. The van der Waals surface area contributed by atoms with E-state index in [-0.39, 0.29) is 10.6 Å². The van der Waals surface area contributed by atoms with Crippen LogP contribution in [0.4, 0.5) is 0 Å². The van der Waals surface area contributed by atoms with Gasteiger partial charge in [0.15, 0.2) is 12.6 Å². The summed E-state index contributed by atoms with van der Waals surface area (Å²) in [6.45, 7) is 5.60. The molecule has 0 spiro atoms. The van der Waals surface area contributed by atoms with Gasteiger partial charge in [0.2, 0.25) is 10.0 Å². The number of nitrogens with one attached hydrogen (secondary N) is 1. The molecule has 3 unspecified atom stereocenters. The molecule has 0 radical (unpaired) electrons. The number of benzene rings is 1. The monoisotopic (exact) mass is 369 g/mol. The van der Waals surface area contributed by atoms with Crippen LogP contribution in [0.25, 0.3) is 0 Å². The summed E-state index contributed by atoms with van der Waals surface area (Å²) in [6, 6.07) is 4.56. The maximum absolute atomic E-state index is 11.9. The van der Waals surface area contributed by atoms with Crippen molar-refractivity contribution in [2.45, 2.75) is 56.4 Å². The molecule has 2 heterocycles. The second-order valence-electron chi connectivity index (χ2n) is 6.90. The Bertz CT molecular complexity index is 800. The zero-order valence-electron chi connectivity index (χ0n) is 14.4. The molecule has 2 aliphatic heterocycles. The molecule has 0 saturated carbocycles. The van der Waals surface area contributed by atoms with Crippen LogP contribution in [0.15, 0.2) is 28.2 Å². The number of primary sulfonamides is 1. The third kappa shape index (κ3) is 2.57. The van der Waals surface area contributed by atoms with E-state index in [9.17, 15) is 13.5 Å². The first-order chi connectivity index (χ1) is 11.6. The van der Waals surface area contributed by atoms with Crippen LogP contribution < -0.4 is 15.3 Å². The summed E-state index contributed by atoms with van der Waals surface area (Å²) in [5.41, 5.74) is 1.41. The van der Waals surface area contributed by atoms with E-state index in [1.807, 2.05) is 6.92 Å². The smallest absolute Gasteiger partial charge is 0.241 e. The minimum Gasteiger partial charge on any atom is -0.485 e. The van der Waals surface area contributed by atoms with Crippen molar-refractivity contribution >= 4 is 16.4 Å².